The molecule has 1 aliphatic rings. The second-order valence-corrected chi connectivity index (χ2v) is 10.3. The van der Waals surface area contributed by atoms with Gasteiger partial charge in [-0.3, -0.25) is 9.78 Å². The van der Waals surface area contributed by atoms with Crippen molar-refractivity contribution in [2.45, 2.75) is 59.0 Å². The van der Waals surface area contributed by atoms with Gasteiger partial charge < -0.3 is 19.7 Å². The third-order valence-electron chi connectivity index (χ3n) is 7.33. The Morgan fingerprint density at radius 1 is 1.05 bits per heavy atom. The van der Waals surface area contributed by atoms with Crippen LogP contribution in [0, 0.1) is 18.7 Å². The number of rotatable bonds is 12. The Bertz CT molecular complexity index is 1220. The Hall–Kier alpha value is -3.45. The van der Waals surface area contributed by atoms with E-state index in [1.807, 2.05) is 26.8 Å². The van der Waals surface area contributed by atoms with Gasteiger partial charge in [0.25, 0.3) is 5.91 Å². The summed E-state index contributed by atoms with van der Waals surface area (Å²) in [6.07, 6.45) is 5.98. The van der Waals surface area contributed by atoms with E-state index in [-0.39, 0.29) is 17.8 Å². The molecule has 1 aliphatic carbocycles. The monoisotopic (exact) mass is 533 g/mol. The SMILES string of the molecule is CCOc1cc(CN(C)CC[C@@H]2CCCC2NC(=O)c2ccnc(C)c2)cc(OCC)c1-c1ccc(F)cc1. The van der Waals surface area contributed by atoms with E-state index in [1.54, 1.807) is 24.4 Å². The number of benzene rings is 2. The molecule has 0 saturated heterocycles. The van der Waals surface area contributed by atoms with Gasteiger partial charge in [-0.05, 0) is 107 Å². The van der Waals surface area contributed by atoms with Crippen LogP contribution in [-0.4, -0.2) is 48.6 Å². The molecule has 7 heteroatoms. The minimum Gasteiger partial charge on any atom is -0.493 e. The third-order valence-corrected chi connectivity index (χ3v) is 7.33. The lowest BCUT2D eigenvalue weighted by Gasteiger charge is -2.25. The Morgan fingerprint density at radius 3 is 2.38 bits per heavy atom. The van der Waals surface area contributed by atoms with Gasteiger partial charge in [0.2, 0.25) is 0 Å². The summed E-state index contributed by atoms with van der Waals surface area (Å²) in [4.78, 5) is 19.3. The van der Waals surface area contributed by atoms with Gasteiger partial charge >= 0.3 is 0 Å². The molecule has 3 aromatic rings. The molecule has 1 N–H and O–H groups in total. The Morgan fingerprint density at radius 2 is 1.74 bits per heavy atom. The number of pyridine rings is 1. The maximum atomic E-state index is 13.6. The van der Waals surface area contributed by atoms with E-state index in [1.165, 1.54) is 12.1 Å². The molecule has 1 aromatic heterocycles. The van der Waals surface area contributed by atoms with Gasteiger partial charge in [0.05, 0.1) is 18.8 Å². The molecule has 1 fully saturated rings. The minimum atomic E-state index is -0.274. The Balaban J connectivity index is 1.42. The summed E-state index contributed by atoms with van der Waals surface area (Å²) in [6.45, 7) is 8.51. The lowest BCUT2D eigenvalue weighted by atomic mass is 9.98. The van der Waals surface area contributed by atoms with Crippen LogP contribution < -0.4 is 14.8 Å². The van der Waals surface area contributed by atoms with Crippen LogP contribution in [0.4, 0.5) is 4.39 Å². The summed E-state index contributed by atoms with van der Waals surface area (Å²) in [7, 11) is 2.12. The number of carbonyl (C=O) groups excluding carboxylic acids is 1. The zero-order valence-corrected chi connectivity index (χ0v) is 23.5. The van der Waals surface area contributed by atoms with Crippen molar-refractivity contribution in [3.8, 4) is 22.6 Å². The lowest BCUT2D eigenvalue weighted by Crippen LogP contribution is -2.38. The largest absolute Gasteiger partial charge is 0.493 e. The number of aryl methyl sites for hydroxylation is 1. The van der Waals surface area contributed by atoms with Crippen LogP contribution in [0.3, 0.4) is 0 Å². The Kier molecular flexibility index (Phi) is 9.93. The molecule has 1 unspecified atom stereocenters. The predicted octanol–water partition coefficient (Wildman–Crippen LogP) is 6.41. The summed E-state index contributed by atoms with van der Waals surface area (Å²) in [6, 6.07) is 14.4. The number of aromatic nitrogens is 1. The quantitative estimate of drug-likeness (QED) is 0.291. The van der Waals surface area contributed by atoms with Crippen molar-refractivity contribution in [1.82, 2.24) is 15.2 Å². The molecule has 208 valence electrons. The van der Waals surface area contributed by atoms with E-state index < -0.39 is 0 Å². The normalized spacial score (nSPS) is 16.9. The van der Waals surface area contributed by atoms with E-state index in [2.05, 4.69) is 34.4 Å². The van der Waals surface area contributed by atoms with E-state index >= 15 is 0 Å². The van der Waals surface area contributed by atoms with Crippen molar-refractivity contribution >= 4 is 5.91 Å². The zero-order valence-electron chi connectivity index (χ0n) is 23.5. The highest BCUT2D eigenvalue weighted by molar-refractivity contribution is 5.94. The van der Waals surface area contributed by atoms with Crippen molar-refractivity contribution in [3.63, 3.8) is 0 Å². The van der Waals surface area contributed by atoms with E-state index in [0.29, 0.717) is 24.7 Å². The molecule has 4 rings (SSSR count). The van der Waals surface area contributed by atoms with Gasteiger partial charge in [-0.25, -0.2) is 4.39 Å². The molecule has 0 spiro atoms. The predicted molar refractivity (Wildman–Crippen MR) is 153 cm³/mol. The molecule has 1 heterocycles. The molecule has 2 atom stereocenters. The third kappa shape index (κ3) is 7.57. The topological polar surface area (TPSA) is 63.7 Å². The highest BCUT2D eigenvalue weighted by Gasteiger charge is 2.29. The van der Waals surface area contributed by atoms with E-state index in [4.69, 9.17) is 9.47 Å². The van der Waals surface area contributed by atoms with Crippen molar-refractivity contribution < 1.29 is 18.7 Å². The number of carbonyl (C=O) groups is 1. The second kappa shape index (κ2) is 13.6. The maximum Gasteiger partial charge on any atom is 0.251 e. The minimum absolute atomic E-state index is 0.0149. The van der Waals surface area contributed by atoms with Crippen molar-refractivity contribution in [1.29, 1.82) is 0 Å². The molecule has 39 heavy (non-hydrogen) atoms. The van der Waals surface area contributed by atoms with Gasteiger partial charge in [0, 0.05) is 30.0 Å². The van der Waals surface area contributed by atoms with Crippen molar-refractivity contribution in [3.05, 3.63) is 77.4 Å². The zero-order chi connectivity index (χ0) is 27.8. The fraction of sp³-hybridized carbons (Fsp3) is 0.438. The molecule has 2 aromatic carbocycles. The number of hydrogen-bond acceptors (Lipinski definition) is 5. The molecule has 1 saturated carbocycles. The summed E-state index contributed by atoms with van der Waals surface area (Å²) in [5, 5.41) is 3.27. The molecule has 0 aliphatic heterocycles. The number of halogens is 1. The van der Waals surface area contributed by atoms with Crippen LogP contribution >= 0.6 is 0 Å². The number of hydrogen-bond donors (Lipinski definition) is 1. The molecule has 1 amide bonds. The van der Waals surface area contributed by atoms with Crippen LogP contribution in [0.25, 0.3) is 11.1 Å². The van der Waals surface area contributed by atoms with Crippen LogP contribution in [0.2, 0.25) is 0 Å². The average molecular weight is 534 g/mol. The first-order chi connectivity index (χ1) is 18.9. The summed E-state index contributed by atoms with van der Waals surface area (Å²) in [5.74, 6) is 1.65. The fourth-order valence-electron chi connectivity index (χ4n) is 5.46. The molecule has 0 radical (unpaired) electrons. The van der Waals surface area contributed by atoms with Crippen LogP contribution in [0.15, 0.2) is 54.7 Å². The van der Waals surface area contributed by atoms with E-state index in [0.717, 1.165) is 72.7 Å². The first-order valence-electron chi connectivity index (χ1n) is 14.0. The fourth-order valence-corrected chi connectivity index (χ4v) is 5.46. The average Bonchev–Trinajstić information content (AvgIpc) is 3.35. The van der Waals surface area contributed by atoms with Crippen LogP contribution in [-0.2, 0) is 6.54 Å². The van der Waals surface area contributed by atoms with Gasteiger partial charge in [-0.1, -0.05) is 18.6 Å². The van der Waals surface area contributed by atoms with Crippen molar-refractivity contribution in [2.24, 2.45) is 5.92 Å². The molecule has 6 nitrogen and oxygen atoms in total. The number of nitrogens with one attached hydrogen (secondary N) is 1. The van der Waals surface area contributed by atoms with Gasteiger partial charge in [0.1, 0.15) is 17.3 Å². The van der Waals surface area contributed by atoms with Gasteiger partial charge in [0.15, 0.2) is 0 Å². The number of amides is 1. The first-order valence-corrected chi connectivity index (χ1v) is 14.0. The first kappa shape index (κ1) is 28.6. The smallest absolute Gasteiger partial charge is 0.251 e. The number of nitrogens with zero attached hydrogens (tertiary/aromatic N) is 2. The highest BCUT2D eigenvalue weighted by Crippen LogP contribution is 2.40. The van der Waals surface area contributed by atoms with Crippen molar-refractivity contribution in [2.75, 3.05) is 26.8 Å². The molecular weight excluding hydrogens is 493 g/mol. The van der Waals surface area contributed by atoms with Crippen LogP contribution in [0.1, 0.15) is 61.1 Å². The summed E-state index contributed by atoms with van der Waals surface area (Å²) in [5.41, 5.74) is 4.32. The summed E-state index contributed by atoms with van der Waals surface area (Å²) < 4.78 is 25.6. The Labute approximate surface area is 231 Å². The second-order valence-electron chi connectivity index (χ2n) is 10.3. The standard InChI is InChI=1S/C32H40FN3O3/c1-5-38-29-19-23(20-30(39-6-2)31(29)25-10-12-27(33)13-11-25)21-36(4)17-15-24-8-7-9-28(24)35-32(37)26-14-16-34-22(3)18-26/h10-14,16,18-20,24,28H,5-9,15,17,21H2,1-4H3,(H,35,37)/t24-,28?/m0/s1. The highest BCUT2D eigenvalue weighted by atomic mass is 19.1. The molecular formula is C32H40FN3O3. The summed E-state index contributed by atoms with van der Waals surface area (Å²) >= 11 is 0. The lowest BCUT2D eigenvalue weighted by molar-refractivity contribution is 0.0925. The molecule has 0 bridgehead atoms. The maximum absolute atomic E-state index is 13.6. The van der Waals surface area contributed by atoms with Crippen LogP contribution in [0.5, 0.6) is 11.5 Å². The number of ether oxygens (including phenoxy) is 2. The van der Waals surface area contributed by atoms with Gasteiger partial charge in [-0.15, -0.1) is 0 Å². The van der Waals surface area contributed by atoms with E-state index in [9.17, 15) is 9.18 Å². The van der Waals surface area contributed by atoms with Gasteiger partial charge in [-0.2, -0.15) is 0 Å².